The normalized spacial score (nSPS) is 13.7. The van der Waals surface area contributed by atoms with Crippen LogP contribution in [0.25, 0.3) is 11.1 Å². The van der Waals surface area contributed by atoms with Gasteiger partial charge in [-0.3, -0.25) is 4.79 Å². The van der Waals surface area contributed by atoms with Gasteiger partial charge in [0.1, 0.15) is 18.7 Å². The zero-order valence-electron chi connectivity index (χ0n) is 18.4. The lowest BCUT2D eigenvalue weighted by Gasteiger charge is -2.21. The first-order chi connectivity index (χ1) is 16.0. The molecule has 0 aromatic heterocycles. The van der Waals surface area contributed by atoms with Crippen LogP contribution in [0.5, 0.6) is 0 Å². The van der Waals surface area contributed by atoms with Crippen molar-refractivity contribution < 1.29 is 24.2 Å². The number of hydrogen-bond donors (Lipinski definition) is 3. The number of alkyl carbamates (subject to hydrolysis) is 1. The molecule has 0 fully saturated rings. The van der Waals surface area contributed by atoms with Crippen molar-refractivity contribution >= 4 is 18.0 Å². The summed E-state index contributed by atoms with van der Waals surface area (Å²) in [5, 5.41) is 22.9. The minimum absolute atomic E-state index is 0.0963. The fraction of sp³-hybridized carbons (Fsp3) is 0.360. The molecule has 3 N–H and O–H groups in total. The Bertz CT molecular complexity index is 1020. The van der Waals surface area contributed by atoms with E-state index in [-0.39, 0.29) is 31.8 Å². The molecule has 2 atom stereocenters. The third-order valence-corrected chi connectivity index (χ3v) is 5.76. The monoisotopic (exact) mass is 449 g/mol. The highest BCUT2D eigenvalue weighted by atomic mass is 16.5. The van der Waals surface area contributed by atoms with E-state index >= 15 is 0 Å². The van der Waals surface area contributed by atoms with Crippen LogP contribution in [-0.4, -0.2) is 41.8 Å². The van der Waals surface area contributed by atoms with Gasteiger partial charge in [-0.25, -0.2) is 9.59 Å². The number of nitrogens with one attached hydrogen (secondary N) is 2. The maximum absolute atomic E-state index is 12.6. The maximum atomic E-state index is 12.6. The van der Waals surface area contributed by atoms with Crippen LogP contribution in [0.4, 0.5) is 4.79 Å². The number of ether oxygens (including phenoxy) is 1. The Kier molecular flexibility index (Phi) is 8.03. The molecule has 2 unspecified atom stereocenters. The molecule has 1 aliphatic carbocycles. The molecule has 0 saturated heterocycles. The fourth-order valence-corrected chi connectivity index (χ4v) is 4.05. The largest absolute Gasteiger partial charge is 0.480 e. The molecule has 2 aromatic rings. The Labute approximate surface area is 192 Å². The number of carbonyl (C=O) groups is 3. The van der Waals surface area contributed by atoms with Gasteiger partial charge >= 0.3 is 12.1 Å². The summed E-state index contributed by atoms with van der Waals surface area (Å²) in [6.45, 7) is 1.74. The number of benzene rings is 2. The second kappa shape index (κ2) is 11.1. The first kappa shape index (κ1) is 23.8. The van der Waals surface area contributed by atoms with Crippen molar-refractivity contribution in [2.24, 2.45) is 0 Å². The number of nitrogens with zero attached hydrogens (tertiary/aromatic N) is 1. The Morgan fingerprint density at radius 2 is 1.64 bits per heavy atom. The zero-order chi connectivity index (χ0) is 23.8. The number of hydrogen-bond acceptors (Lipinski definition) is 5. The van der Waals surface area contributed by atoms with Crippen LogP contribution in [0.3, 0.4) is 0 Å². The molecule has 0 radical (unpaired) electrons. The van der Waals surface area contributed by atoms with E-state index in [1.165, 1.54) is 0 Å². The predicted octanol–water partition coefficient (Wildman–Crippen LogP) is 3.57. The van der Waals surface area contributed by atoms with Crippen molar-refractivity contribution in [3.8, 4) is 17.2 Å². The van der Waals surface area contributed by atoms with Crippen molar-refractivity contribution in [3.63, 3.8) is 0 Å². The van der Waals surface area contributed by atoms with E-state index in [1.807, 2.05) is 54.6 Å². The van der Waals surface area contributed by atoms with Gasteiger partial charge in [0.05, 0.1) is 6.07 Å². The zero-order valence-corrected chi connectivity index (χ0v) is 18.4. The quantitative estimate of drug-likeness (QED) is 0.476. The summed E-state index contributed by atoms with van der Waals surface area (Å²) < 4.78 is 5.49. The molecule has 1 aliphatic rings. The van der Waals surface area contributed by atoms with Crippen LogP contribution in [0.15, 0.2) is 48.5 Å². The van der Waals surface area contributed by atoms with Gasteiger partial charge in [-0.2, -0.15) is 5.26 Å². The van der Waals surface area contributed by atoms with Crippen LogP contribution < -0.4 is 10.6 Å². The Balaban J connectivity index is 1.66. The molecular formula is C25H27N3O5. The minimum atomic E-state index is -1.15. The van der Waals surface area contributed by atoms with E-state index in [0.29, 0.717) is 6.42 Å². The molecule has 3 rings (SSSR count). The summed E-state index contributed by atoms with van der Waals surface area (Å²) in [4.78, 5) is 36.4. The number of amides is 2. The Morgan fingerprint density at radius 1 is 1.03 bits per heavy atom. The van der Waals surface area contributed by atoms with E-state index in [0.717, 1.165) is 22.3 Å². The second-order valence-corrected chi connectivity index (χ2v) is 7.88. The van der Waals surface area contributed by atoms with Gasteiger partial charge < -0.3 is 20.5 Å². The number of fused-ring (bicyclic) bond motifs is 3. The van der Waals surface area contributed by atoms with Gasteiger partial charge in [0.15, 0.2) is 0 Å². The number of carbonyl (C=O) groups excluding carboxylic acids is 2. The molecule has 2 amide bonds. The molecule has 0 bridgehead atoms. The molecule has 0 aliphatic heterocycles. The van der Waals surface area contributed by atoms with Crippen molar-refractivity contribution in [3.05, 3.63) is 59.7 Å². The number of unbranched alkanes of at least 4 members (excludes halogenated alkanes) is 1. The van der Waals surface area contributed by atoms with Gasteiger partial charge in [0.25, 0.3) is 0 Å². The number of carboxylic acids is 1. The fourth-order valence-electron chi connectivity index (χ4n) is 4.05. The van der Waals surface area contributed by atoms with Crippen LogP contribution in [0, 0.1) is 11.3 Å². The van der Waals surface area contributed by atoms with Crippen LogP contribution in [0.2, 0.25) is 0 Å². The van der Waals surface area contributed by atoms with E-state index in [9.17, 15) is 19.5 Å². The average molecular weight is 450 g/mol. The summed E-state index contributed by atoms with van der Waals surface area (Å²) >= 11 is 0. The smallest absolute Gasteiger partial charge is 0.407 e. The highest BCUT2D eigenvalue weighted by molar-refractivity contribution is 5.89. The second-order valence-electron chi connectivity index (χ2n) is 7.88. The van der Waals surface area contributed by atoms with E-state index in [1.54, 1.807) is 6.92 Å². The molecule has 8 nitrogen and oxygen atoms in total. The molecule has 8 heteroatoms. The SMILES string of the molecule is CCC(NC(=O)C(CCCC#N)NC(=O)OCC1c2ccccc2-c2ccccc21)C(=O)O. The van der Waals surface area contributed by atoms with E-state index in [2.05, 4.69) is 10.6 Å². The number of carboxylic acid groups (broad SMARTS) is 1. The van der Waals surface area contributed by atoms with Gasteiger partial charge in [-0.1, -0.05) is 55.5 Å². The summed E-state index contributed by atoms with van der Waals surface area (Å²) in [6, 6.07) is 15.9. The average Bonchev–Trinajstić information content (AvgIpc) is 3.14. The minimum Gasteiger partial charge on any atom is -0.480 e. The number of aliphatic carboxylic acids is 1. The number of rotatable bonds is 10. The summed E-state index contributed by atoms with van der Waals surface area (Å²) in [7, 11) is 0. The van der Waals surface area contributed by atoms with Gasteiger partial charge in [-0.05, 0) is 41.5 Å². The lowest BCUT2D eigenvalue weighted by molar-refractivity contribution is -0.142. The highest BCUT2D eigenvalue weighted by Crippen LogP contribution is 2.44. The number of nitriles is 1. The van der Waals surface area contributed by atoms with Crippen molar-refractivity contribution in [2.45, 2.75) is 50.6 Å². The third-order valence-electron chi connectivity index (χ3n) is 5.76. The predicted molar refractivity (Wildman–Crippen MR) is 121 cm³/mol. The first-order valence-electron chi connectivity index (χ1n) is 11.0. The maximum Gasteiger partial charge on any atom is 0.407 e. The van der Waals surface area contributed by atoms with Crippen molar-refractivity contribution in [1.29, 1.82) is 5.26 Å². The van der Waals surface area contributed by atoms with Crippen LogP contribution in [0.1, 0.15) is 49.7 Å². The Morgan fingerprint density at radius 3 is 2.18 bits per heavy atom. The lowest BCUT2D eigenvalue weighted by atomic mass is 9.98. The van der Waals surface area contributed by atoms with Crippen LogP contribution in [-0.2, 0) is 14.3 Å². The third kappa shape index (κ3) is 5.69. The van der Waals surface area contributed by atoms with Crippen molar-refractivity contribution in [2.75, 3.05) is 6.61 Å². The molecule has 2 aromatic carbocycles. The molecule has 0 saturated carbocycles. The summed E-state index contributed by atoms with van der Waals surface area (Å²) in [5.74, 6) is -1.89. The van der Waals surface area contributed by atoms with Crippen LogP contribution >= 0.6 is 0 Å². The lowest BCUT2D eigenvalue weighted by Crippen LogP contribution is -2.51. The van der Waals surface area contributed by atoms with Crippen molar-refractivity contribution in [1.82, 2.24) is 10.6 Å². The molecule has 33 heavy (non-hydrogen) atoms. The summed E-state index contributed by atoms with van der Waals surface area (Å²) in [6.07, 6.45) is 0.225. The Hall–Kier alpha value is -3.86. The van der Waals surface area contributed by atoms with E-state index in [4.69, 9.17) is 10.00 Å². The van der Waals surface area contributed by atoms with Gasteiger partial charge in [0, 0.05) is 12.3 Å². The first-order valence-corrected chi connectivity index (χ1v) is 11.0. The molecule has 0 spiro atoms. The highest BCUT2D eigenvalue weighted by Gasteiger charge is 2.30. The molecule has 172 valence electrons. The van der Waals surface area contributed by atoms with E-state index < -0.39 is 30.1 Å². The topological polar surface area (TPSA) is 129 Å². The standard InChI is InChI=1S/C25H27N3O5/c1-2-21(24(30)31)27-23(29)22(13-7-8-14-26)28-25(32)33-15-20-18-11-5-3-9-16(18)17-10-4-6-12-19(17)20/h3-6,9-12,20-22H,2,7-8,13,15H2,1H3,(H,27,29)(H,28,32)(H,30,31). The van der Waals surface area contributed by atoms with Gasteiger partial charge in [0.2, 0.25) is 5.91 Å². The summed E-state index contributed by atoms with van der Waals surface area (Å²) in [5.41, 5.74) is 4.36. The molecular weight excluding hydrogens is 422 g/mol. The van der Waals surface area contributed by atoms with Gasteiger partial charge in [-0.15, -0.1) is 0 Å². The molecule has 0 heterocycles.